The first-order valence-corrected chi connectivity index (χ1v) is 8.64. The summed E-state index contributed by atoms with van der Waals surface area (Å²) in [6, 6.07) is 18.0. The molecule has 3 N–H and O–H groups in total. The van der Waals surface area contributed by atoms with Gasteiger partial charge in [0, 0.05) is 31.5 Å². The lowest BCUT2D eigenvalue weighted by Crippen LogP contribution is -2.24. The Hall–Kier alpha value is -2.69. The molecule has 0 heterocycles. The van der Waals surface area contributed by atoms with Crippen molar-refractivity contribution in [3.05, 3.63) is 54.6 Å². The highest BCUT2D eigenvalue weighted by Crippen LogP contribution is 2.16. The Kier molecular flexibility index (Phi) is 7.14. The van der Waals surface area contributed by atoms with Crippen LogP contribution in [0.1, 0.15) is 20.3 Å². The van der Waals surface area contributed by atoms with Gasteiger partial charge in [0.1, 0.15) is 5.75 Å². The van der Waals surface area contributed by atoms with E-state index in [1.807, 2.05) is 56.3 Å². The minimum Gasteiger partial charge on any atom is -0.491 e. The number of rotatable bonds is 8. The first kappa shape index (κ1) is 18.6. The molecule has 0 radical (unpaired) electrons. The molecular weight excluding hydrogens is 312 g/mol. The molecule has 5 heteroatoms. The van der Waals surface area contributed by atoms with Gasteiger partial charge in [-0.05, 0) is 56.7 Å². The normalized spacial score (nSPS) is 11.4. The minimum atomic E-state index is 0.166. The quantitative estimate of drug-likeness (QED) is 0.437. The van der Waals surface area contributed by atoms with Crippen LogP contribution in [0.4, 0.5) is 11.4 Å². The monoisotopic (exact) mass is 340 g/mol. The number of anilines is 2. The minimum absolute atomic E-state index is 0.166. The van der Waals surface area contributed by atoms with Gasteiger partial charge in [0.25, 0.3) is 0 Å². The first-order valence-electron chi connectivity index (χ1n) is 8.64. The van der Waals surface area contributed by atoms with Crippen LogP contribution in [0.2, 0.25) is 0 Å². The van der Waals surface area contributed by atoms with Crippen LogP contribution in [-0.4, -0.2) is 32.2 Å². The number of guanidine groups is 1. The van der Waals surface area contributed by atoms with Gasteiger partial charge in [-0.1, -0.05) is 18.2 Å². The molecular formula is C20H28N4O. The third-order valence-electron chi connectivity index (χ3n) is 3.63. The molecule has 0 amide bonds. The van der Waals surface area contributed by atoms with E-state index in [9.17, 15) is 0 Å². The van der Waals surface area contributed by atoms with E-state index in [1.165, 1.54) is 5.69 Å². The van der Waals surface area contributed by atoms with Crippen LogP contribution in [0.5, 0.6) is 5.75 Å². The van der Waals surface area contributed by atoms with E-state index in [0.717, 1.165) is 24.4 Å². The summed E-state index contributed by atoms with van der Waals surface area (Å²) in [6.45, 7) is 5.63. The van der Waals surface area contributed by atoms with Gasteiger partial charge >= 0.3 is 0 Å². The largest absolute Gasteiger partial charge is 0.491 e. The second-order valence-electron chi connectivity index (χ2n) is 6.19. The third-order valence-corrected chi connectivity index (χ3v) is 3.63. The van der Waals surface area contributed by atoms with Crippen LogP contribution in [0, 0.1) is 0 Å². The van der Waals surface area contributed by atoms with Gasteiger partial charge in [0.15, 0.2) is 5.96 Å². The second-order valence-corrected chi connectivity index (χ2v) is 6.19. The van der Waals surface area contributed by atoms with E-state index in [2.05, 4.69) is 34.4 Å². The maximum Gasteiger partial charge on any atom is 0.193 e. The smallest absolute Gasteiger partial charge is 0.193 e. The lowest BCUT2D eigenvalue weighted by molar-refractivity contribution is 0.242. The fourth-order valence-electron chi connectivity index (χ4n) is 2.40. The standard InChI is InChI=1S/C20H28N4O/c1-16(2)25-19-12-10-17(11-13-19)23-20(21)22-14-7-15-24(3)18-8-5-4-6-9-18/h4-6,8-13,16H,7,14-15H2,1-3H3,(H3,21,22,23). The van der Waals surface area contributed by atoms with E-state index in [0.29, 0.717) is 12.5 Å². The van der Waals surface area contributed by atoms with Gasteiger partial charge in [-0.2, -0.15) is 0 Å². The van der Waals surface area contributed by atoms with Crippen molar-refractivity contribution in [2.75, 3.05) is 30.4 Å². The summed E-state index contributed by atoms with van der Waals surface area (Å²) >= 11 is 0. The van der Waals surface area contributed by atoms with Gasteiger partial charge in [-0.15, -0.1) is 0 Å². The number of ether oxygens (including phenoxy) is 1. The van der Waals surface area contributed by atoms with E-state index >= 15 is 0 Å². The van der Waals surface area contributed by atoms with Crippen LogP contribution in [0.25, 0.3) is 0 Å². The lowest BCUT2D eigenvalue weighted by atomic mass is 10.3. The molecule has 5 nitrogen and oxygen atoms in total. The number of nitrogens with two attached hydrogens (primary N) is 1. The molecule has 0 unspecified atom stereocenters. The van der Waals surface area contributed by atoms with Crippen molar-refractivity contribution >= 4 is 17.3 Å². The SMILES string of the molecule is CC(C)Oc1ccc(NC(N)=NCCCN(C)c2ccccc2)cc1. The van der Waals surface area contributed by atoms with Crippen molar-refractivity contribution in [2.24, 2.45) is 10.7 Å². The van der Waals surface area contributed by atoms with E-state index in [4.69, 9.17) is 10.5 Å². The zero-order valence-corrected chi connectivity index (χ0v) is 15.3. The van der Waals surface area contributed by atoms with Crippen molar-refractivity contribution in [1.29, 1.82) is 0 Å². The maximum absolute atomic E-state index is 5.95. The molecule has 0 atom stereocenters. The number of hydrogen-bond donors (Lipinski definition) is 2. The highest BCUT2D eigenvalue weighted by Gasteiger charge is 2.01. The van der Waals surface area contributed by atoms with Crippen LogP contribution < -0.4 is 20.7 Å². The van der Waals surface area contributed by atoms with Gasteiger partial charge in [0.05, 0.1) is 6.10 Å². The Bertz CT molecular complexity index is 653. The molecule has 134 valence electrons. The molecule has 2 rings (SSSR count). The third kappa shape index (κ3) is 6.75. The number of nitrogens with one attached hydrogen (secondary N) is 1. The summed E-state index contributed by atoms with van der Waals surface area (Å²) in [5.41, 5.74) is 8.06. The molecule has 0 saturated carbocycles. The molecule has 2 aromatic rings. The van der Waals surface area contributed by atoms with Crippen molar-refractivity contribution < 1.29 is 4.74 Å². The molecule has 0 aliphatic rings. The van der Waals surface area contributed by atoms with Crippen molar-refractivity contribution in [3.63, 3.8) is 0 Å². The average molecular weight is 340 g/mol. The zero-order chi connectivity index (χ0) is 18.1. The summed E-state index contributed by atoms with van der Waals surface area (Å²) in [5.74, 6) is 1.28. The molecule has 0 saturated heterocycles. The Morgan fingerprint density at radius 1 is 1.12 bits per heavy atom. The molecule has 0 bridgehead atoms. The first-order chi connectivity index (χ1) is 12.0. The summed E-state index contributed by atoms with van der Waals surface area (Å²) in [4.78, 5) is 6.60. The summed E-state index contributed by atoms with van der Waals surface area (Å²) < 4.78 is 5.62. The summed E-state index contributed by atoms with van der Waals surface area (Å²) in [7, 11) is 2.08. The predicted molar refractivity (Wildman–Crippen MR) is 107 cm³/mol. The molecule has 0 aliphatic heterocycles. The van der Waals surface area contributed by atoms with Gasteiger partial charge in [0.2, 0.25) is 0 Å². The average Bonchev–Trinajstić information content (AvgIpc) is 2.60. The highest BCUT2D eigenvalue weighted by atomic mass is 16.5. The lowest BCUT2D eigenvalue weighted by Gasteiger charge is -2.18. The topological polar surface area (TPSA) is 62.9 Å². The Morgan fingerprint density at radius 2 is 1.80 bits per heavy atom. The van der Waals surface area contributed by atoms with Crippen molar-refractivity contribution in [1.82, 2.24) is 0 Å². The maximum atomic E-state index is 5.95. The van der Waals surface area contributed by atoms with Crippen LogP contribution in [0.15, 0.2) is 59.6 Å². The van der Waals surface area contributed by atoms with Crippen LogP contribution >= 0.6 is 0 Å². The Balaban J connectivity index is 1.74. The Morgan fingerprint density at radius 3 is 2.44 bits per heavy atom. The van der Waals surface area contributed by atoms with Crippen molar-refractivity contribution in [2.45, 2.75) is 26.4 Å². The number of para-hydroxylation sites is 1. The second kappa shape index (κ2) is 9.57. The molecule has 2 aromatic carbocycles. The molecule has 0 fully saturated rings. The molecule has 0 spiro atoms. The van der Waals surface area contributed by atoms with Crippen molar-refractivity contribution in [3.8, 4) is 5.75 Å². The number of benzene rings is 2. The highest BCUT2D eigenvalue weighted by molar-refractivity contribution is 5.92. The number of aliphatic imine (C=N–C) groups is 1. The van der Waals surface area contributed by atoms with Gasteiger partial charge < -0.3 is 20.7 Å². The van der Waals surface area contributed by atoms with Crippen LogP contribution in [-0.2, 0) is 0 Å². The van der Waals surface area contributed by atoms with Crippen LogP contribution in [0.3, 0.4) is 0 Å². The number of nitrogens with zero attached hydrogens (tertiary/aromatic N) is 2. The van der Waals surface area contributed by atoms with Gasteiger partial charge in [-0.3, -0.25) is 4.99 Å². The zero-order valence-electron chi connectivity index (χ0n) is 15.3. The Labute approximate surface area is 150 Å². The van der Waals surface area contributed by atoms with E-state index in [1.54, 1.807) is 0 Å². The van der Waals surface area contributed by atoms with E-state index < -0.39 is 0 Å². The molecule has 0 aliphatic carbocycles. The fourth-order valence-corrected chi connectivity index (χ4v) is 2.40. The molecule has 25 heavy (non-hydrogen) atoms. The van der Waals surface area contributed by atoms with Gasteiger partial charge in [-0.25, -0.2) is 0 Å². The number of hydrogen-bond acceptors (Lipinski definition) is 3. The van der Waals surface area contributed by atoms with E-state index in [-0.39, 0.29) is 6.10 Å². The predicted octanol–water partition coefficient (Wildman–Crippen LogP) is 3.73. The summed E-state index contributed by atoms with van der Waals surface area (Å²) in [5, 5.41) is 3.10. The fraction of sp³-hybridized carbons (Fsp3) is 0.350. The molecule has 0 aromatic heterocycles. The summed E-state index contributed by atoms with van der Waals surface area (Å²) in [6.07, 6.45) is 1.11.